The number of thiazole rings is 1. The Bertz CT molecular complexity index is 673. The molecule has 4 rings (SSSR count). The Morgan fingerprint density at radius 1 is 1.25 bits per heavy atom. The van der Waals surface area contributed by atoms with Gasteiger partial charge < -0.3 is 19.7 Å². The predicted molar refractivity (Wildman–Crippen MR) is 93.6 cm³/mol. The van der Waals surface area contributed by atoms with Crippen molar-refractivity contribution in [2.75, 3.05) is 37.8 Å². The maximum absolute atomic E-state index is 12.2. The lowest BCUT2D eigenvalue weighted by molar-refractivity contribution is -0.148. The minimum atomic E-state index is -0.457. The Labute approximate surface area is 144 Å². The lowest BCUT2D eigenvalue weighted by atomic mass is 10.1. The summed E-state index contributed by atoms with van der Waals surface area (Å²) in [6, 6.07) is 8.42. The van der Waals surface area contributed by atoms with Gasteiger partial charge in [0.2, 0.25) is 0 Å². The molecule has 1 unspecified atom stereocenters. The van der Waals surface area contributed by atoms with E-state index in [1.807, 2.05) is 12.1 Å². The molecule has 7 heteroatoms. The molecule has 1 aromatic carbocycles. The van der Waals surface area contributed by atoms with Crippen molar-refractivity contribution in [3.8, 4) is 0 Å². The van der Waals surface area contributed by atoms with Crippen molar-refractivity contribution in [2.45, 2.75) is 25.0 Å². The molecule has 2 saturated heterocycles. The molecule has 0 radical (unpaired) electrons. The van der Waals surface area contributed by atoms with E-state index in [0.717, 1.165) is 36.6 Å². The second-order valence-corrected chi connectivity index (χ2v) is 7.18. The molecular weight excluding hydrogens is 326 g/mol. The Balaban J connectivity index is 1.32. The first-order chi connectivity index (χ1) is 11.8. The minimum absolute atomic E-state index is 0.0480. The molecule has 128 valence electrons. The molecule has 2 aliphatic rings. The first-order valence-electron chi connectivity index (χ1n) is 8.40. The first kappa shape index (κ1) is 15.8. The third kappa shape index (κ3) is 3.38. The number of anilines is 1. The number of ether oxygens (including phenoxy) is 2. The van der Waals surface area contributed by atoms with Crippen molar-refractivity contribution in [2.24, 2.45) is 0 Å². The lowest BCUT2D eigenvalue weighted by Gasteiger charge is -2.33. The number of hydrogen-bond donors (Lipinski definition) is 1. The van der Waals surface area contributed by atoms with Gasteiger partial charge in [0.25, 0.3) is 5.91 Å². The number of amides is 1. The van der Waals surface area contributed by atoms with E-state index in [4.69, 9.17) is 14.5 Å². The summed E-state index contributed by atoms with van der Waals surface area (Å²) < 4.78 is 12.0. The fourth-order valence-corrected chi connectivity index (χ4v) is 4.16. The molecule has 6 nitrogen and oxygen atoms in total. The normalized spacial score (nSPS) is 22.7. The lowest BCUT2D eigenvalue weighted by Crippen LogP contribution is -2.50. The molecule has 0 aliphatic carbocycles. The average molecular weight is 347 g/mol. The Morgan fingerprint density at radius 2 is 2.08 bits per heavy atom. The minimum Gasteiger partial charge on any atom is -0.376 e. The van der Waals surface area contributed by atoms with Gasteiger partial charge in [-0.1, -0.05) is 23.5 Å². The second-order valence-electron chi connectivity index (χ2n) is 6.17. The molecule has 0 bridgehead atoms. The number of para-hydroxylation sites is 1. The summed E-state index contributed by atoms with van der Waals surface area (Å²) in [4.78, 5) is 19.2. The fourth-order valence-electron chi connectivity index (χ4n) is 3.14. The topological polar surface area (TPSA) is 63.7 Å². The van der Waals surface area contributed by atoms with Crippen molar-refractivity contribution < 1.29 is 14.3 Å². The number of fused-ring (bicyclic) bond motifs is 1. The fraction of sp³-hybridized carbons (Fsp3) is 0.529. The number of carbonyl (C=O) groups excluding carboxylic acids is 1. The Kier molecular flexibility index (Phi) is 4.64. The van der Waals surface area contributed by atoms with E-state index in [9.17, 15) is 4.79 Å². The quantitative estimate of drug-likeness (QED) is 0.917. The van der Waals surface area contributed by atoms with Crippen LogP contribution < -0.4 is 10.2 Å². The van der Waals surface area contributed by atoms with E-state index < -0.39 is 6.10 Å². The van der Waals surface area contributed by atoms with Crippen LogP contribution in [0.5, 0.6) is 0 Å². The highest BCUT2D eigenvalue weighted by Crippen LogP contribution is 2.30. The molecule has 1 N–H and O–H groups in total. The Morgan fingerprint density at radius 3 is 2.83 bits per heavy atom. The molecule has 2 aliphatic heterocycles. The molecule has 24 heavy (non-hydrogen) atoms. The van der Waals surface area contributed by atoms with Crippen LogP contribution in [0.4, 0.5) is 5.13 Å². The molecule has 2 fully saturated rings. The van der Waals surface area contributed by atoms with Gasteiger partial charge in [-0.2, -0.15) is 0 Å². The highest BCUT2D eigenvalue weighted by molar-refractivity contribution is 7.22. The summed E-state index contributed by atoms with van der Waals surface area (Å²) in [5, 5.41) is 4.17. The number of piperidine rings is 1. The van der Waals surface area contributed by atoms with E-state index >= 15 is 0 Å². The number of nitrogens with one attached hydrogen (secondary N) is 1. The van der Waals surface area contributed by atoms with Crippen LogP contribution in [0.15, 0.2) is 24.3 Å². The van der Waals surface area contributed by atoms with Crippen LogP contribution in [0, 0.1) is 0 Å². The molecule has 0 spiro atoms. The van der Waals surface area contributed by atoms with E-state index in [0.29, 0.717) is 19.8 Å². The SMILES string of the molecule is O=C(NC1CCN(c2nc3ccccc3s2)CC1)C1COCCO1. The van der Waals surface area contributed by atoms with Crippen molar-refractivity contribution in [1.82, 2.24) is 10.3 Å². The van der Waals surface area contributed by atoms with Crippen LogP contribution in [-0.4, -0.2) is 55.9 Å². The number of rotatable bonds is 3. The van der Waals surface area contributed by atoms with Gasteiger partial charge in [-0.05, 0) is 25.0 Å². The number of hydrogen-bond acceptors (Lipinski definition) is 6. The molecule has 1 aromatic heterocycles. The third-order valence-electron chi connectivity index (χ3n) is 4.50. The van der Waals surface area contributed by atoms with Crippen molar-refractivity contribution in [1.29, 1.82) is 0 Å². The van der Waals surface area contributed by atoms with Crippen LogP contribution in [0.1, 0.15) is 12.8 Å². The van der Waals surface area contributed by atoms with E-state index in [1.165, 1.54) is 4.70 Å². The van der Waals surface area contributed by atoms with Gasteiger partial charge in [0.05, 0.1) is 30.0 Å². The van der Waals surface area contributed by atoms with Crippen LogP contribution in [-0.2, 0) is 14.3 Å². The average Bonchev–Trinajstić information content (AvgIpc) is 3.07. The smallest absolute Gasteiger partial charge is 0.251 e. The number of carbonyl (C=O) groups is 1. The van der Waals surface area contributed by atoms with Gasteiger partial charge in [-0.15, -0.1) is 0 Å². The largest absolute Gasteiger partial charge is 0.376 e. The summed E-state index contributed by atoms with van der Waals surface area (Å²) in [6.07, 6.45) is 1.39. The maximum Gasteiger partial charge on any atom is 0.251 e. The molecule has 0 saturated carbocycles. The van der Waals surface area contributed by atoms with E-state index in [-0.39, 0.29) is 11.9 Å². The highest BCUT2D eigenvalue weighted by atomic mass is 32.1. The summed E-state index contributed by atoms with van der Waals surface area (Å²) in [6.45, 7) is 3.24. The van der Waals surface area contributed by atoms with Gasteiger partial charge in [0.1, 0.15) is 0 Å². The second kappa shape index (κ2) is 7.04. The van der Waals surface area contributed by atoms with Crippen molar-refractivity contribution in [3.63, 3.8) is 0 Å². The van der Waals surface area contributed by atoms with Gasteiger partial charge in [-0.3, -0.25) is 4.79 Å². The number of benzene rings is 1. The maximum atomic E-state index is 12.2. The van der Waals surface area contributed by atoms with Crippen LogP contribution >= 0.6 is 11.3 Å². The zero-order chi connectivity index (χ0) is 16.4. The number of nitrogens with zero attached hydrogens (tertiary/aromatic N) is 2. The van der Waals surface area contributed by atoms with Gasteiger partial charge in [-0.25, -0.2) is 4.98 Å². The third-order valence-corrected chi connectivity index (χ3v) is 5.60. The summed E-state index contributed by atoms with van der Waals surface area (Å²) in [5.41, 5.74) is 1.06. The van der Waals surface area contributed by atoms with E-state index in [1.54, 1.807) is 11.3 Å². The molecule has 1 amide bonds. The molecule has 1 atom stereocenters. The van der Waals surface area contributed by atoms with E-state index in [2.05, 4.69) is 22.3 Å². The predicted octanol–water partition coefficient (Wildman–Crippen LogP) is 1.80. The first-order valence-corrected chi connectivity index (χ1v) is 9.21. The Hall–Kier alpha value is -1.70. The van der Waals surface area contributed by atoms with Gasteiger partial charge in [0, 0.05) is 19.1 Å². The van der Waals surface area contributed by atoms with Gasteiger partial charge in [0.15, 0.2) is 11.2 Å². The van der Waals surface area contributed by atoms with Crippen molar-refractivity contribution >= 4 is 32.6 Å². The standard InChI is InChI=1S/C17H21N3O3S/c21-16(14-11-22-9-10-23-14)18-12-5-7-20(8-6-12)17-19-13-3-1-2-4-15(13)24-17/h1-4,12,14H,5-11H2,(H,18,21). The molecular formula is C17H21N3O3S. The zero-order valence-corrected chi connectivity index (χ0v) is 14.3. The molecule has 3 heterocycles. The van der Waals surface area contributed by atoms with Crippen LogP contribution in [0.3, 0.4) is 0 Å². The summed E-state index contributed by atoms with van der Waals surface area (Å²) >= 11 is 1.73. The van der Waals surface area contributed by atoms with Gasteiger partial charge >= 0.3 is 0 Å². The molecule has 2 aromatic rings. The number of aromatic nitrogens is 1. The van der Waals surface area contributed by atoms with Crippen molar-refractivity contribution in [3.05, 3.63) is 24.3 Å². The van der Waals surface area contributed by atoms with Crippen LogP contribution in [0.25, 0.3) is 10.2 Å². The zero-order valence-electron chi connectivity index (χ0n) is 13.4. The van der Waals surface area contributed by atoms with Crippen LogP contribution in [0.2, 0.25) is 0 Å². The summed E-state index contributed by atoms with van der Waals surface area (Å²) in [7, 11) is 0. The monoisotopic (exact) mass is 347 g/mol. The highest BCUT2D eigenvalue weighted by Gasteiger charge is 2.27. The summed E-state index contributed by atoms with van der Waals surface area (Å²) in [5.74, 6) is -0.0480.